The second-order valence-electron chi connectivity index (χ2n) is 4.97. The normalized spacial score (nSPS) is 21.0. The zero-order chi connectivity index (χ0) is 15.2. The van der Waals surface area contributed by atoms with Gasteiger partial charge in [-0.1, -0.05) is 0 Å². The molecule has 0 bridgehead atoms. The third-order valence-electron chi connectivity index (χ3n) is 3.54. The molecule has 2 atom stereocenters. The number of hydrogen-bond donors (Lipinski definition) is 3. The van der Waals surface area contributed by atoms with Gasteiger partial charge in [0.1, 0.15) is 0 Å². The summed E-state index contributed by atoms with van der Waals surface area (Å²) in [4.78, 5) is 23.8. The van der Waals surface area contributed by atoms with Crippen LogP contribution in [0.1, 0.15) is 17.3 Å². The molecule has 6 heteroatoms. The van der Waals surface area contributed by atoms with E-state index in [1.165, 1.54) is 0 Å². The van der Waals surface area contributed by atoms with Crippen molar-refractivity contribution >= 4 is 17.5 Å². The Morgan fingerprint density at radius 2 is 1.95 bits per heavy atom. The topological polar surface area (TPSA) is 79.5 Å². The van der Waals surface area contributed by atoms with Crippen LogP contribution in [-0.2, 0) is 9.53 Å². The van der Waals surface area contributed by atoms with E-state index in [1.807, 2.05) is 14.0 Å². The monoisotopic (exact) mass is 291 g/mol. The fourth-order valence-electron chi connectivity index (χ4n) is 2.30. The van der Waals surface area contributed by atoms with E-state index < -0.39 is 0 Å². The zero-order valence-electron chi connectivity index (χ0n) is 12.3. The summed E-state index contributed by atoms with van der Waals surface area (Å²) in [6, 6.07) is 6.89. The number of anilines is 1. The highest BCUT2D eigenvalue weighted by Crippen LogP contribution is 2.17. The van der Waals surface area contributed by atoms with Gasteiger partial charge in [-0.2, -0.15) is 0 Å². The first-order valence-corrected chi connectivity index (χ1v) is 7.09. The van der Waals surface area contributed by atoms with E-state index in [2.05, 4.69) is 16.0 Å². The summed E-state index contributed by atoms with van der Waals surface area (Å²) in [6.45, 7) is 3.43. The Kier molecular flexibility index (Phi) is 5.30. The average Bonchev–Trinajstić information content (AvgIpc) is 2.97. The Labute approximate surface area is 124 Å². The van der Waals surface area contributed by atoms with Gasteiger partial charge in [-0.05, 0) is 38.2 Å². The Bertz CT molecular complexity index is 501. The van der Waals surface area contributed by atoms with Gasteiger partial charge >= 0.3 is 0 Å². The predicted octanol–water partition coefficient (Wildman–Crippen LogP) is 0.609. The number of ether oxygens (including phenoxy) is 1. The highest BCUT2D eigenvalue weighted by atomic mass is 16.5. The molecule has 1 aliphatic rings. The first-order valence-electron chi connectivity index (χ1n) is 7.09. The minimum Gasteiger partial charge on any atom is -0.379 e. The summed E-state index contributed by atoms with van der Waals surface area (Å²) in [5.41, 5.74) is 1.25. The average molecular weight is 291 g/mol. The summed E-state index contributed by atoms with van der Waals surface area (Å²) in [6.07, 6.45) is 0. The maximum atomic E-state index is 12.2. The Morgan fingerprint density at radius 3 is 2.57 bits per heavy atom. The van der Waals surface area contributed by atoms with E-state index in [9.17, 15) is 9.59 Å². The molecule has 2 rings (SSSR count). The van der Waals surface area contributed by atoms with Gasteiger partial charge in [0.2, 0.25) is 5.91 Å². The summed E-state index contributed by atoms with van der Waals surface area (Å²) >= 11 is 0. The van der Waals surface area contributed by atoms with E-state index in [4.69, 9.17) is 4.74 Å². The lowest BCUT2D eigenvalue weighted by Gasteiger charge is -2.16. The smallest absolute Gasteiger partial charge is 0.251 e. The van der Waals surface area contributed by atoms with Crippen molar-refractivity contribution in [2.24, 2.45) is 5.92 Å². The maximum Gasteiger partial charge on any atom is 0.251 e. The van der Waals surface area contributed by atoms with Gasteiger partial charge in [0.15, 0.2) is 0 Å². The Balaban J connectivity index is 1.97. The molecule has 1 aromatic rings. The summed E-state index contributed by atoms with van der Waals surface area (Å²) in [5, 5.41) is 8.66. The van der Waals surface area contributed by atoms with Crippen molar-refractivity contribution in [2.45, 2.75) is 13.0 Å². The van der Waals surface area contributed by atoms with Gasteiger partial charge < -0.3 is 20.7 Å². The summed E-state index contributed by atoms with van der Waals surface area (Å²) in [7, 11) is 1.82. The van der Waals surface area contributed by atoms with Gasteiger partial charge in [0.25, 0.3) is 5.91 Å². The number of nitrogens with one attached hydrogen (secondary N) is 3. The predicted molar refractivity (Wildman–Crippen MR) is 80.2 cm³/mol. The van der Waals surface area contributed by atoms with E-state index >= 15 is 0 Å². The summed E-state index contributed by atoms with van der Waals surface area (Å²) in [5.74, 6) is -0.384. The van der Waals surface area contributed by atoms with Crippen LogP contribution in [0.3, 0.4) is 0 Å². The molecular weight excluding hydrogens is 270 g/mol. The molecule has 21 heavy (non-hydrogen) atoms. The van der Waals surface area contributed by atoms with Crippen LogP contribution < -0.4 is 16.0 Å². The molecule has 1 heterocycles. The molecule has 1 fully saturated rings. The summed E-state index contributed by atoms with van der Waals surface area (Å²) < 4.78 is 5.32. The number of benzene rings is 1. The van der Waals surface area contributed by atoms with Gasteiger partial charge in [0, 0.05) is 23.8 Å². The van der Waals surface area contributed by atoms with Gasteiger partial charge in [-0.15, -0.1) is 0 Å². The Morgan fingerprint density at radius 1 is 1.24 bits per heavy atom. The van der Waals surface area contributed by atoms with E-state index in [0.29, 0.717) is 31.0 Å². The van der Waals surface area contributed by atoms with Crippen molar-refractivity contribution in [3.8, 4) is 0 Å². The number of carbonyl (C=O) groups is 2. The van der Waals surface area contributed by atoms with E-state index in [0.717, 1.165) is 0 Å². The first kappa shape index (κ1) is 15.5. The number of likely N-dealkylation sites (N-methyl/N-ethyl adjacent to an activating group) is 1. The lowest BCUT2D eigenvalue weighted by Crippen LogP contribution is -2.39. The zero-order valence-corrected chi connectivity index (χ0v) is 12.3. The molecule has 0 aliphatic carbocycles. The van der Waals surface area contributed by atoms with Crippen molar-refractivity contribution in [1.29, 1.82) is 0 Å². The molecule has 3 N–H and O–H groups in total. The van der Waals surface area contributed by atoms with Crippen LogP contribution >= 0.6 is 0 Å². The molecule has 1 saturated heterocycles. The maximum absolute atomic E-state index is 12.2. The minimum atomic E-state index is -0.196. The van der Waals surface area contributed by atoms with Crippen LogP contribution in [0.15, 0.2) is 24.3 Å². The second-order valence-corrected chi connectivity index (χ2v) is 4.97. The molecule has 2 unspecified atom stereocenters. The molecule has 1 aromatic carbocycles. The van der Waals surface area contributed by atoms with Crippen molar-refractivity contribution in [3.05, 3.63) is 29.8 Å². The van der Waals surface area contributed by atoms with Crippen LogP contribution in [0.2, 0.25) is 0 Å². The fourth-order valence-corrected chi connectivity index (χ4v) is 2.30. The highest BCUT2D eigenvalue weighted by Gasteiger charge is 2.32. The van der Waals surface area contributed by atoms with Gasteiger partial charge in [-0.25, -0.2) is 0 Å². The third-order valence-corrected chi connectivity index (χ3v) is 3.54. The quantitative estimate of drug-likeness (QED) is 0.742. The SMILES string of the molecule is CCNC(=O)c1ccc(NC(=O)C2COCC2NC)cc1. The molecule has 1 aliphatic heterocycles. The molecule has 2 amide bonds. The van der Waals surface area contributed by atoms with E-state index in [-0.39, 0.29) is 23.8 Å². The van der Waals surface area contributed by atoms with Gasteiger partial charge in [0.05, 0.1) is 19.1 Å². The van der Waals surface area contributed by atoms with Crippen molar-refractivity contribution in [3.63, 3.8) is 0 Å². The van der Waals surface area contributed by atoms with Crippen molar-refractivity contribution < 1.29 is 14.3 Å². The van der Waals surface area contributed by atoms with Gasteiger partial charge in [-0.3, -0.25) is 9.59 Å². The standard InChI is InChI=1S/C15H21N3O3/c1-3-17-14(19)10-4-6-11(7-5-10)18-15(20)12-8-21-9-13(12)16-2/h4-7,12-13,16H,3,8-9H2,1-2H3,(H,17,19)(H,18,20). The van der Waals surface area contributed by atoms with Crippen molar-refractivity contribution in [1.82, 2.24) is 10.6 Å². The molecule has 114 valence electrons. The molecule has 0 aromatic heterocycles. The number of carbonyl (C=O) groups excluding carboxylic acids is 2. The molecule has 6 nitrogen and oxygen atoms in total. The van der Waals surface area contributed by atoms with E-state index in [1.54, 1.807) is 24.3 Å². The van der Waals surface area contributed by atoms with Crippen LogP contribution in [0, 0.1) is 5.92 Å². The molecule has 0 spiro atoms. The third kappa shape index (κ3) is 3.80. The molecule has 0 saturated carbocycles. The second kappa shape index (κ2) is 7.19. The minimum absolute atomic E-state index is 0.0413. The molecular formula is C15H21N3O3. The lowest BCUT2D eigenvalue weighted by atomic mass is 10.0. The molecule has 0 radical (unpaired) electrons. The number of hydrogen-bond acceptors (Lipinski definition) is 4. The number of rotatable bonds is 5. The van der Waals surface area contributed by atoms with Crippen LogP contribution in [0.5, 0.6) is 0 Å². The fraction of sp³-hybridized carbons (Fsp3) is 0.467. The largest absolute Gasteiger partial charge is 0.379 e. The number of amides is 2. The van der Waals surface area contributed by atoms with Crippen molar-refractivity contribution in [2.75, 3.05) is 32.1 Å². The lowest BCUT2D eigenvalue weighted by molar-refractivity contribution is -0.120. The van der Waals surface area contributed by atoms with Crippen LogP contribution in [-0.4, -0.2) is 44.7 Å². The van der Waals surface area contributed by atoms with Crippen LogP contribution in [0.4, 0.5) is 5.69 Å². The highest BCUT2D eigenvalue weighted by molar-refractivity contribution is 5.96. The van der Waals surface area contributed by atoms with Crippen LogP contribution in [0.25, 0.3) is 0 Å². The Hall–Kier alpha value is -1.92. The first-order chi connectivity index (χ1) is 10.2.